The van der Waals surface area contributed by atoms with Crippen molar-refractivity contribution >= 4 is 21.8 Å². The summed E-state index contributed by atoms with van der Waals surface area (Å²) in [5.41, 5.74) is 4.84. The number of carbonyl (C=O) groups is 1. The zero-order valence-corrected chi connectivity index (χ0v) is 13.0. The number of nitrogens with zero attached hydrogens (tertiary/aromatic N) is 1. The largest absolute Gasteiger partial charge is 0.417 e. The molecule has 3 nitrogen and oxygen atoms in total. The first-order valence-electron chi connectivity index (χ1n) is 6.59. The molecule has 0 saturated heterocycles. The molecule has 1 aliphatic carbocycles. The molecule has 1 amide bonds. The fourth-order valence-electron chi connectivity index (χ4n) is 2.38. The van der Waals surface area contributed by atoms with Crippen LogP contribution in [0.15, 0.2) is 22.7 Å². The summed E-state index contributed by atoms with van der Waals surface area (Å²) in [6.45, 7) is 0.315. The molecular weight excluding hydrogens is 349 g/mol. The number of amides is 1. The highest BCUT2D eigenvalue weighted by Crippen LogP contribution is 2.37. The lowest BCUT2D eigenvalue weighted by atomic mass is 10.1. The highest BCUT2D eigenvalue weighted by atomic mass is 79.9. The fraction of sp³-hybridized carbons (Fsp3) is 0.500. The Labute approximate surface area is 129 Å². The number of alkyl halides is 3. The smallest absolute Gasteiger partial charge is 0.337 e. The minimum absolute atomic E-state index is 0.0205. The summed E-state index contributed by atoms with van der Waals surface area (Å²) in [6, 6.07) is 3.40. The van der Waals surface area contributed by atoms with Crippen LogP contribution in [-0.4, -0.2) is 30.4 Å². The molecule has 0 aliphatic heterocycles. The third kappa shape index (κ3) is 3.58. The first-order chi connectivity index (χ1) is 9.75. The highest BCUT2D eigenvalue weighted by Gasteiger charge is 2.37. The maximum Gasteiger partial charge on any atom is 0.417 e. The van der Waals surface area contributed by atoms with Crippen LogP contribution in [0, 0.1) is 5.92 Å². The summed E-state index contributed by atoms with van der Waals surface area (Å²) >= 11 is 2.86. The number of hydrogen-bond donors (Lipinski definition) is 1. The monoisotopic (exact) mass is 364 g/mol. The second-order valence-electron chi connectivity index (χ2n) is 5.25. The van der Waals surface area contributed by atoms with Gasteiger partial charge in [0.2, 0.25) is 0 Å². The van der Waals surface area contributed by atoms with Crippen LogP contribution >= 0.6 is 15.9 Å². The lowest BCUT2D eigenvalue weighted by Crippen LogP contribution is -2.43. The third-order valence-corrected chi connectivity index (χ3v) is 4.44. The van der Waals surface area contributed by atoms with Gasteiger partial charge in [-0.2, -0.15) is 13.2 Å². The van der Waals surface area contributed by atoms with Crippen molar-refractivity contribution in [2.45, 2.75) is 25.1 Å². The van der Waals surface area contributed by atoms with Gasteiger partial charge in [0.1, 0.15) is 0 Å². The number of rotatable bonds is 4. The number of benzene rings is 1. The highest BCUT2D eigenvalue weighted by molar-refractivity contribution is 9.10. The van der Waals surface area contributed by atoms with Gasteiger partial charge >= 0.3 is 6.18 Å². The quantitative estimate of drug-likeness (QED) is 0.890. The Hall–Kier alpha value is -1.08. The van der Waals surface area contributed by atoms with E-state index in [1.54, 1.807) is 7.05 Å². The number of carbonyl (C=O) groups excluding carboxylic acids is 1. The molecule has 1 atom stereocenters. The summed E-state index contributed by atoms with van der Waals surface area (Å²) in [5, 5.41) is 0. The van der Waals surface area contributed by atoms with E-state index < -0.39 is 17.6 Å². The van der Waals surface area contributed by atoms with Gasteiger partial charge in [0.15, 0.2) is 0 Å². The summed E-state index contributed by atoms with van der Waals surface area (Å²) in [6.07, 6.45) is -2.49. The van der Waals surface area contributed by atoms with Crippen LogP contribution in [0.25, 0.3) is 0 Å². The molecular formula is C14H16BrF3N2O. The number of hydrogen-bond acceptors (Lipinski definition) is 2. The molecule has 0 radical (unpaired) electrons. The van der Waals surface area contributed by atoms with E-state index in [0.717, 1.165) is 18.9 Å². The molecule has 1 aromatic rings. The van der Waals surface area contributed by atoms with Crippen LogP contribution < -0.4 is 5.73 Å². The summed E-state index contributed by atoms with van der Waals surface area (Å²) in [7, 11) is 1.59. The molecule has 1 aromatic carbocycles. The first-order valence-corrected chi connectivity index (χ1v) is 7.39. The fourth-order valence-corrected chi connectivity index (χ4v) is 2.85. The van der Waals surface area contributed by atoms with Gasteiger partial charge in [0, 0.05) is 29.7 Å². The molecule has 0 aromatic heterocycles. The van der Waals surface area contributed by atoms with E-state index in [1.807, 2.05) is 0 Å². The summed E-state index contributed by atoms with van der Waals surface area (Å²) in [4.78, 5) is 13.8. The maximum absolute atomic E-state index is 12.9. The molecule has 116 valence electrons. The van der Waals surface area contributed by atoms with E-state index >= 15 is 0 Å². The molecule has 1 saturated carbocycles. The molecule has 0 spiro atoms. The molecule has 7 heteroatoms. The minimum Gasteiger partial charge on any atom is -0.337 e. The average Bonchev–Trinajstić information content (AvgIpc) is 3.22. The number of likely N-dealkylation sites (N-methyl/N-ethyl adjacent to an activating group) is 1. The molecule has 1 unspecified atom stereocenters. The zero-order chi connectivity index (χ0) is 15.8. The predicted molar refractivity (Wildman–Crippen MR) is 76.8 cm³/mol. The third-order valence-electron chi connectivity index (χ3n) is 3.74. The van der Waals surface area contributed by atoms with Crippen molar-refractivity contribution < 1.29 is 18.0 Å². The van der Waals surface area contributed by atoms with E-state index in [-0.39, 0.29) is 16.1 Å². The Morgan fingerprint density at radius 3 is 2.57 bits per heavy atom. The molecule has 2 rings (SSSR count). The second kappa shape index (κ2) is 5.96. The lowest BCUT2D eigenvalue weighted by Gasteiger charge is -2.27. The van der Waals surface area contributed by atoms with E-state index in [0.29, 0.717) is 12.5 Å². The van der Waals surface area contributed by atoms with Gasteiger partial charge in [-0.15, -0.1) is 0 Å². The van der Waals surface area contributed by atoms with Crippen molar-refractivity contribution in [3.8, 4) is 0 Å². The van der Waals surface area contributed by atoms with Gasteiger partial charge in [0.05, 0.1) is 5.56 Å². The van der Waals surface area contributed by atoms with Crippen LogP contribution in [0.5, 0.6) is 0 Å². The normalized spacial score (nSPS) is 16.7. The van der Waals surface area contributed by atoms with Crippen LogP contribution in [0.3, 0.4) is 0 Å². The van der Waals surface area contributed by atoms with E-state index in [9.17, 15) is 18.0 Å². The van der Waals surface area contributed by atoms with Crippen molar-refractivity contribution in [2.75, 3.05) is 13.6 Å². The first kappa shape index (κ1) is 16.3. The molecule has 1 fully saturated rings. The van der Waals surface area contributed by atoms with E-state index in [2.05, 4.69) is 15.9 Å². The molecule has 21 heavy (non-hydrogen) atoms. The van der Waals surface area contributed by atoms with E-state index in [4.69, 9.17) is 5.73 Å². The molecule has 2 N–H and O–H groups in total. The average molecular weight is 365 g/mol. The van der Waals surface area contributed by atoms with Gasteiger partial charge in [0.25, 0.3) is 5.91 Å². The maximum atomic E-state index is 12.9. The zero-order valence-electron chi connectivity index (χ0n) is 11.5. The van der Waals surface area contributed by atoms with Crippen molar-refractivity contribution in [1.29, 1.82) is 0 Å². The lowest BCUT2D eigenvalue weighted by molar-refractivity contribution is -0.138. The van der Waals surface area contributed by atoms with Crippen LogP contribution in [0.4, 0.5) is 13.2 Å². The molecule has 0 heterocycles. The van der Waals surface area contributed by atoms with Gasteiger partial charge in [-0.1, -0.05) is 15.9 Å². The van der Waals surface area contributed by atoms with Crippen LogP contribution in [-0.2, 0) is 6.18 Å². The van der Waals surface area contributed by atoms with Crippen molar-refractivity contribution in [2.24, 2.45) is 11.7 Å². The molecule has 1 aliphatic rings. The van der Waals surface area contributed by atoms with Crippen molar-refractivity contribution in [3.05, 3.63) is 33.8 Å². The number of halogens is 4. The van der Waals surface area contributed by atoms with Crippen molar-refractivity contribution in [1.82, 2.24) is 4.90 Å². The van der Waals surface area contributed by atoms with Crippen LogP contribution in [0.2, 0.25) is 0 Å². The second-order valence-corrected chi connectivity index (χ2v) is 6.10. The summed E-state index contributed by atoms with van der Waals surface area (Å²) in [5.74, 6) is -0.0724. The van der Waals surface area contributed by atoms with Gasteiger partial charge in [-0.25, -0.2) is 0 Å². The number of nitrogens with two attached hydrogens (primary N) is 1. The predicted octanol–water partition coefficient (Wildman–Crippen LogP) is 3.28. The van der Waals surface area contributed by atoms with Crippen molar-refractivity contribution in [3.63, 3.8) is 0 Å². The minimum atomic E-state index is -4.50. The Morgan fingerprint density at radius 1 is 1.48 bits per heavy atom. The SMILES string of the molecule is CN(C(=O)c1ccc(Br)c(C(F)(F)F)c1)C(CN)C1CC1. The van der Waals surface area contributed by atoms with Crippen LogP contribution in [0.1, 0.15) is 28.8 Å². The van der Waals surface area contributed by atoms with Gasteiger partial charge in [-0.3, -0.25) is 4.79 Å². The van der Waals surface area contributed by atoms with E-state index in [1.165, 1.54) is 17.0 Å². The standard InChI is InChI=1S/C14H16BrF3N2O/c1-20(12(7-19)8-2-3-8)13(21)9-4-5-11(15)10(6-9)14(16,17)18/h4-6,8,12H,2-3,7,19H2,1H3. The Bertz CT molecular complexity index is 544. The van der Waals surface area contributed by atoms with Gasteiger partial charge in [-0.05, 0) is 37.0 Å². The Kier molecular flexibility index (Phi) is 4.63. The topological polar surface area (TPSA) is 46.3 Å². The Morgan fingerprint density at radius 2 is 2.10 bits per heavy atom. The Balaban J connectivity index is 2.26. The van der Waals surface area contributed by atoms with Gasteiger partial charge < -0.3 is 10.6 Å². The molecule has 0 bridgehead atoms. The summed E-state index contributed by atoms with van der Waals surface area (Å²) < 4.78 is 38.6.